The quantitative estimate of drug-likeness (QED) is 0.590. The standard InChI is InChI=1S/C18H18BrN3O2/c1-13(11-14-5-3-2-4-6-14)21-22-17(23)12-20-18(24)15-7-9-16(19)10-8-15/h2-10H,11-12H2,1H3,(H,20,24)(H,22,23)/b21-13-. The fraction of sp³-hybridized carbons (Fsp3) is 0.167. The molecule has 0 fully saturated rings. The molecular formula is C18H18BrN3O2. The second kappa shape index (κ2) is 8.98. The summed E-state index contributed by atoms with van der Waals surface area (Å²) in [6.07, 6.45) is 0.659. The van der Waals surface area contributed by atoms with Gasteiger partial charge in [0.25, 0.3) is 11.8 Å². The van der Waals surface area contributed by atoms with Crippen LogP contribution in [0.25, 0.3) is 0 Å². The van der Waals surface area contributed by atoms with E-state index in [-0.39, 0.29) is 18.4 Å². The largest absolute Gasteiger partial charge is 0.343 e. The van der Waals surface area contributed by atoms with E-state index in [2.05, 4.69) is 31.8 Å². The molecule has 2 amide bonds. The molecule has 0 bridgehead atoms. The number of carbonyl (C=O) groups is 2. The summed E-state index contributed by atoms with van der Waals surface area (Å²) in [5.41, 5.74) is 4.85. The number of nitrogens with one attached hydrogen (secondary N) is 2. The number of hydrazone groups is 1. The lowest BCUT2D eigenvalue weighted by atomic mass is 10.1. The van der Waals surface area contributed by atoms with Gasteiger partial charge in [-0.1, -0.05) is 46.3 Å². The molecule has 2 aromatic carbocycles. The first-order valence-electron chi connectivity index (χ1n) is 7.44. The Kier molecular flexibility index (Phi) is 6.69. The van der Waals surface area contributed by atoms with Gasteiger partial charge in [-0.05, 0) is 36.8 Å². The molecular weight excluding hydrogens is 370 g/mol. The van der Waals surface area contributed by atoms with E-state index >= 15 is 0 Å². The first-order valence-corrected chi connectivity index (χ1v) is 8.23. The molecule has 24 heavy (non-hydrogen) atoms. The summed E-state index contributed by atoms with van der Waals surface area (Å²) >= 11 is 3.30. The van der Waals surface area contributed by atoms with Crippen molar-refractivity contribution in [1.29, 1.82) is 0 Å². The molecule has 0 atom stereocenters. The number of halogens is 1. The van der Waals surface area contributed by atoms with Crippen LogP contribution in [0.2, 0.25) is 0 Å². The number of carbonyl (C=O) groups excluding carboxylic acids is 2. The zero-order valence-corrected chi connectivity index (χ0v) is 14.8. The Balaban J connectivity index is 1.77. The maximum absolute atomic E-state index is 11.9. The highest BCUT2D eigenvalue weighted by Gasteiger charge is 2.07. The summed E-state index contributed by atoms with van der Waals surface area (Å²) in [5, 5.41) is 6.60. The van der Waals surface area contributed by atoms with Crippen molar-refractivity contribution in [2.75, 3.05) is 6.54 Å². The van der Waals surface area contributed by atoms with Crippen LogP contribution in [0, 0.1) is 0 Å². The average Bonchev–Trinajstić information content (AvgIpc) is 2.59. The molecule has 5 nitrogen and oxygen atoms in total. The minimum Gasteiger partial charge on any atom is -0.343 e. The van der Waals surface area contributed by atoms with E-state index in [9.17, 15) is 9.59 Å². The van der Waals surface area contributed by atoms with Crippen molar-refractivity contribution in [3.8, 4) is 0 Å². The van der Waals surface area contributed by atoms with E-state index in [0.717, 1.165) is 15.7 Å². The van der Waals surface area contributed by atoms with E-state index in [1.54, 1.807) is 24.3 Å². The van der Waals surface area contributed by atoms with Crippen LogP contribution in [0.3, 0.4) is 0 Å². The predicted octanol–water partition coefficient (Wildman–Crippen LogP) is 2.91. The van der Waals surface area contributed by atoms with Gasteiger partial charge in [0.1, 0.15) is 0 Å². The highest BCUT2D eigenvalue weighted by Crippen LogP contribution is 2.10. The summed E-state index contributed by atoms with van der Waals surface area (Å²) in [7, 11) is 0. The monoisotopic (exact) mass is 387 g/mol. The highest BCUT2D eigenvalue weighted by molar-refractivity contribution is 9.10. The summed E-state index contributed by atoms with van der Waals surface area (Å²) in [6.45, 7) is 1.71. The third-order valence-electron chi connectivity index (χ3n) is 3.19. The molecule has 0 unspecified atom stereocenters. The summed E-state index contributed by atoms with van der Waals surface area (Å²) in [5.74, 6) is -0.671. The van der Waals surface area contributed by atoms with Gasteiger partial charge < -0.3 is 5.32 Å². The van der Waals surface area contributed by atoms with Crippen LogP contribution >= 0.6 is 15.9 Å². The third kappa shape index (κ3) is 5.96. The molecule has 0 saturated carbocycles. The van der Waals surface area contributed by atoms with Crippen LogP contribution in [-0.4, -0.2) is 24.1 Å². The lowest BCUT2D eigenvalue weighted by molar-refractivity contribution is -0.120. The van der Waals surface area contributed by atoms with Gasteiger partial charge in [0.2, 0.25) is 0 Å². The lowest BCUT2D eigenvalue weighted by Crippen LogP contribution is -2.35. The fourth-order valence-electron chi connectivity index (χ4n) is 1.99. The van der Waals surface area contributed by atoms with Crippen LogP contribution in [0.5, 0.6) is 0 Å². The van der Waals surface area contributed by atoms with E-state index in [4.69, 9.17) is 0 Å². The van der Waals surface area contributed by atoms with Gasteiger partial charge in [-0.3, -0.25) is 9.59 Å². The lowest BCUT2D eigenvalue weighted by Gasteiger charge is -2.05. The summed E-state index contributed by atoms with van der Waals surface area (Å²) in [6, 6.07) is 16.8. The molecule has 0 spiro atoms. The molecule has 0 saturated heterocycles. The van der Waals surface area contributed by atoms with Gasteiger partial charge in [0.05, 0.1) is 6.54 Å². The van der Waals surface area contributed by atoms with Gasteiger partial charge in [-0.15, -0.1) is 0 Å². The third-order valence-corrected chi connectivity index (χ3v) is 3.72. The maximum atomic E-state index is 11.9. The molecule has 2 aromatic rings. The van der Waals surface area contributed by atoms with Crippen molar-refractivity contribution >= 4 is 33.5 Å². The Morgan fingerprint density at radius 1 is 1.04 bits per heavy atom. The van der Waals surface area contributed by atoms with Crippen LogP contribution in [0.15, 0.2) is 64.2 Å². The minimum atomic E-state index is -0.368. The minimum absolute atomic E-state index is 0.128. The molecule has 0 aromatic heterocycles. The molecule has 2 N–H and O–H groups in total. The topological polar surface area (TPSA) is 70.6 Å². The highest BCUT2D eigenvalue weighted by atomic mass is 79.9. The van der Waals surface area contributed by atoms with E-state index in [0.29, 0.717) is 12.0 Å². The van der Waals surface area contributed by atoms with Crippen molar-refractivity contribution in [2.24, 2.45) is 5.10 Å². The summed E-state index contributed by atoms with van der Waals surface area (Å²) in [4.78, 5) is 23.6. The van der Waals surface area contributed by atoms with Crippen LogP contribution in [0.1, 0.15) is 22.8 Å². The average molecular weight is 388 g/mol. The van der Waals surface area contributed by atoms with Gasteiger partial charge in [-0.25, -0.2) is 5.43 Å². The van der Waals surface area contributed by atoms with E-state index in [1.165, 1.54) is 0 Å². The Morgan fingerprint density at radius 3 is 2.38 bits per heavy atom. The Labute approximate surface area is 149 Å². The SMILES string of the molecule is C/C(Cc1ccccc1)=N/NC(=O)CNC(=O)c1ccc(Br)cc1. The normalized spacial score (nSPS) is 11.0. The zero-order chi connectivity index (χ0) is 17.4. The number of amides is 2. The van der Waals surface area contributed by atoms with E-state index in [1.807, 2.05) is 37.3 Å². The molecule has 0 aliphatic rings. The molecule has 0 aliphatic heterocycles. The predicted molar refractivity (Wildman–Crippen MR) is 97.9 cm³/mol. The van der Waals surface area contributed by atoms with E-state index < -0.39 is 0 Å². The molecule has 0 aliphatic carbocycles. The maximum Gasteiger partial charge on any atom is 0.259 e. The number of rotatable bonds is 6. The van der Waals surface area contributed by atoms with Gasteiger partial charge >= 0.3 is 0 Å². The van der Waals surface area contributed by atoms with Crippen molar-refractivity contribution < 1.29 is 9.59 Å². The molecule has 2 rings (SSSR count). The van der Waals surface area contributed by atoms with Gasteiger partial charge in [0.15, 0.2) is 0 Å². The van der Waals surface area contributed by atoms with Crippen LogP contribution in [0.4, 0.5) is 0 Å². The molecule has 0 heterocycles. The second-order valence-electron chi connectivity index (χ2n) is 5.23. The fourth-order valence-corrected chi connectivity index (χ4v) is 2.26. The Bertz CT molecular complexity index is 728. The van der Waals surface area contributed by atoms with Crippen molar-refractivity contribution in [1.82, 2.24) is 10.7 Å². The van der Waals surface area contributed by atoms with Crippen LogP contribution in [-0.2, 0) is 11.2 Å². The van der Waals surface area contributed by atoms with Gasteiger partial charge in [0, 0.05) is 22.2 Å². The van der Waals surface area contributed by atoms with Crippen molar-refractivity contribution in [3.63, 3.8) is 0 Å². The van der Waals surface area contributed by atoms with Gasteiger partial charge in [-0.2, -0.15) is 5.10 Å². The zero-order valence-electron chi connectivity index (χ0n) is 13.3. The molecule has 6 heteroatoms. The number of benzene rings is 2. The summed E-state index contributed by atoms with van der Waals surface area (Å²) < 4.78 is 0.889. The van der Waals surface area contributed by atoms with Crippen molar-refractivity contribution in [3.05, 3.63) is 70.2 Å². The number of hydrogen-bond donors (Lipinski definition) is 2. The first-order chi connectivity index (χ1) is 11.5. The number of nitrogens with zero attached hydrogens (tertiary/aromatic N) is 1. The smallest absolute Gasteiger partial charge is 0.259 e. The Morgan fingerprint density at radius 2 is 1.71 bits per heavy atom. The first kappa shape index (κ1) is 17.9. The molecule has 0 radical (unpaired) electrons. The van der Waals surface area contributed by atoms with Crippen LogP contribution < -0.4 is 10.7 Å². The molecule has 124 valence electrons. The van der Waals surface area contributed by atoms with Crippen molar-refractivity contribution in [2.45, 2.75) is 13.3 Å². The number of hydrogen-bond acceptors (Lipinski definition) is 3. The Hall–Kier alpha value is -2.47. The second-order valence-corrected chi connectivity index (χ2v) is 6.15.